The first kappa shape index (κ1) is 12.9. The highest BCUT2D eigenvalue weighted by Crippen LogP contribution is 2.58. The van der Waals surface area contributed by atoms with E-state index in [2.05, 4.69) is 11.4 Å². The van der Waals surface area contributed by atoms with Crippen LogP contribution in [0.4, 0.5) is 0 Å². The van der Waals surface area contributed by atoms with Crippen LogP contribution in [0.25, 0.3) is 0 Å². The minimum atomic E-state index is 0.0200. The average Bonchev–Trinajstić information content (AvgIpc) is 3.19. The largest absolute Gasteiger partial charge is 0.349 e. The van der Waals surface area contributed by atoms with Crippen molar-refractivity contribution in [2.24, 2.45) is 23.7 Å². The molecule has 3 fully saturated rings. The molecule has 1 aromatic carbocycles. The van der Waals surface area contributed by atoms with E-state index in [1.54, 1.807) is 24.3 Å². The summed E-state index contributed by atoms with van der Waals surface area (Å²) in [5.41, 5.74) is 1.26. The molecule has 3 nitrogen and oxygen atoms in total. The molecule has 0 aromatic heterocycles. The number of hydrogen-bond acceptors (Lipinski definition) is 2. The van der Waals surface area contributed by atoms with Gasteiger partial charge in [0.2, 0.25) is 0 Å². The first-order chi connectivity index (χ1) is 10.3. The Kier molecular flexibility index (Phi) is 2.99. The second-order valence-electron chi connectivity index (χ2n) is 6.92. The maximum Gasteiger partial charge on any atom is 0.251 e. The van der Waals surface area contributed by atoms with Gasteiger partial charge >= 0.3 is 0 Å². The Hall–Kier alpha value is -1.82. The molecular formula is C18H20N2O. The maximum atomic E-state index is 12.4. The van der Waals surface area contributed by atoms with E-state index in [0.29, 0.717) is 23.1 Å². The molecule has 0 aliphatic heterocycles. The van der Waals surface area contributed by atoms with Gasteiger partial charge in [-0.2, -0.15) is 5.26 Å². The summed E-state index contributed by atoms with van der Waals surface area (Å²) in [6.07, 6.45) is 6.68. The second kappa shape index (κ2) is 4.87. The zero-order valence-corrected chi connectivity index (χ0v) is 12.1. The maximum absolute atomic E-state index is 12.4. The molecule has 3 aliphatic carbocycles. The van der Waals surface area contributed by atoms with Crippen molar-refractivity contribution in [2.75, 3.05) is 0 Å². The van der Waals surface area contributed by atoms with Gasteiger partial charge in [-0.15, -0.1) is 0 Å². The third kappa shape index (κ3) is 2.05. The lowest BCUT2D eigenvalue weighted by Gasteiger charge is -2.32. The number of nitrogens with one attached hydrogen (secondary N) is 1. The Labute approximate surface area is 125 Å². The van der Waals surface area contributed by atoms with Crippen molar-refractivity contribution < 1.29 is 4.79 Å². The molecule has 1 N–H and O–H groups in total. The minimum Gasteiger partial charge on any atom is -0.349 e. The van der Waals surface area contributed by atoms with E-state index in [0.717, 1.165) is 17.8 Å². The summed E-state index contributed by atoms with van der Waals surface area (Å²) < 4.78 is 0. The summed E-state index contributed by atoms with van der Waals surface area (Å²) in [6, 6.07) is 9.38. The summed E-state index contributed by atoms with van der Waals surface area (Å²) in [7, 11) is 0. The molecule has 0 radical (unpaired) electrons. The van der Waals surface area contributed by atoms with Crippen LogP contribution in [0.2, 0.25) is 0 Å². The first-order valence-corrected chi connectivity index (χ1v) is 8.07. The van der Waals surface area contributed by atoms with Crippen molar-refractivity contribution in [1.29, 1.82) is 5.26 Å². The number of amides is 1. The summed E-state index contributed by atoms with van der Waals surface area (Å²) in [6.45, 7) is 0. The molecule has 108 valence electrons. The number of benzene rings is 1. The van der Waals surface area contributed by atoms with Gasteiger partial charge in [-0.05, 0) is 73.6 Å². The number of nitrogens with zero attached hydrogens (tertiary/aromatic N) is 1. The summed E-state index contributed by atoms with van der Waals surface area (Å²) in [5, 5.41) is 12.1. The van der Waals surface area contributed by atoms with E-state index in [1.807, 2.05) is 0 Å². The fourth-order valence-electron chi connectivity index (χ4n) is 5.18. The molecule has 4 rings (SSSR count). The number of rotatable bonds is 2. The highest BCUT2D eigenvalue weighted by Gasteiger charge is 2.53. The van der Waals surface area contributed by atoms with Crippen LogP contribution in [0.5, 0.6) is 0 Å². The fourth-order valence-corrected chi connectivity index (χ4v) is 5.18. The minimum absolute atomic E-state index is 0.0200. The third-order valence-electron chi connectivity index (χ3n) is 6.02. The molecule has 3 aliphatic rings. The number of carbonyl (C=O) groups excluding carboxylic acids is 1. The van der Waals surface area contributed by atoms with Crippen LogP contribution in [0.1, 0.15) is 48.0 Å². The predicted molar refractivity (Wildman–Crippen MR) is 79.5 cm³/mol. The zero-order chi connectivity index (χ0) is 14.4. The predicted octanol–water partition coefficient (Wildman–Crippen LogP) is 3.11. The number of hydrogen-bond donors (Lipinski definition) is 1. The van der Waals surface area contributed by atoms with Gasteiger partial charge in [-0.1, -0.05) is 6.42 Å². The van der Waals surface area contributed by atoms with Crippen LogP contribution in [0, 0.1) is 35.0 Å². The SMILES string of the molecule is N#Cc1ccc(C(=O)NC2CC3CC2C2CCCC32)cc1. The van der Waals surface area contributed by atoms with E-state index in [-0.39, 0.29) is 5.91 Å². The van der Waals surface area contributed by atoms with Crippen LogP contribution >= 0.6 is 0 Å². The third-order valence-corrected chi connectivity index (χ3v) is 6.02. The molecular weight excluding hydrogens is 260 g/mol. The van der Waals surface area contributed by atoms with Crippen LogP contribution in [-0.2, 0) is 0 Å². The van der Waals surface area contributed by atoms with E-state index in [1.165, 1.54) is 32.1 Å². The monoisotopic (exact) mass is 280 g/mol. The molecule has 0 spiro atoms. The normalized spacial score (nSPS) is 36.2. The molecule has 3 saturated carbocycles. The summed E-state index contributed by atoms with van der Waals surface area (Å²) >= 11 is 0. The van der Waals surface area contributed by atoms with Crippen molar-refractivity contribution in [2.45, 2.75) is 38.1 Å². The van der Waals surface area contributed by atoms with Crippen molar-refractivity contribution in [3.8, 4) is 6.07 Å². The quantitative estimate of drug-likeness (QED) is 0.905. The molecule has 0 heterocycles. The van der Waals surface area contributed by atoms with Crippen LogP contribution in [0.15, 0.2) is 24.3 Å². The van der Waals surface area contributed by atoms with Gasteiger partial charge in [0, 0.05) is 11.6 Å². The molecule has 0 saturated heterocycles. The highest BCUT2D eigenvalue weighted by molar-refractivity contribution is 5.94. The highest BCUT2D eigenvalue weighted by atomic mass is 16.1. The second-order valence-corrected chi connectivity index (χ2v) is 6.92. The topological polar surface area (TPSA) is 52.9 Å². The van der Waals surface area contributed by atoms with Gasteiger partial charge in [0.25, 0.3) is 5.91 Å². The van der Waals surface area contributed by atoms with Gasteiger partial charge in [-0.3, -0.25) is 4.79 Å². The number of fused-ring (bicyclic) bond motifs is 5. The molecule has 2 bridgehead atoms. The molecule has 1 aromatic rings. The van der Waals surface area contributed by atoms with Crippen molar-refractivity contribution >= 4 is 5.91 Å². The van der Waals surface area contributed by atoms with E-state index in [4.69, 9.17) is 5.26 Å². The average molecular weight is 280 g/mol. The lowest BCUT2D eigenvalue weighted by Crippen LogP contribution is -2.42. The summed E-state index contributed by atoms with van der Waals surface area (Å²) in [4.78, 5) is 12.4. The summed E-state index contributed by atoms with van der Waals surface area (Å²) in [5.74, 6) is 3.42. The van der Waals surface area contributed by atoms with Gasteiger partial charge in [0.15, 0.2) is 0 Å². The fraction of sp³-hybridized carbons (Fsp3) is 0.556. The van der Waals surface area contributed by atoms with E-state index in [9.17, 15) is 4.79 Å². The lowest BCUT2D eigenvalue weighted by atomic mass is 9.79. The Morgan fingerprint density at radius 3 is 2.62 bits per heavy atom. The molecule has 5 unspecified atom stereocenters. The van der Waals surface area contributed by atoms with Crippen molar-refractivity contribution in [3.63, 3.8) is 0 Å². The van der Waals surface area contributed by atoms with Crippen LogP contribution in [-0.4, -0.2) is 11.9 Å². The molecule has 3 heteroatoms. The van der Waals surface area contributed by atoms with E-state index >= 15 is 0 Å². The smallest absolute Gasteiger partial charge is 0.251 e. The molecule has 21 heavy (non-hydrogen) atoms. The van der Waals surface area contributed by atoms with Gasteiger partial charge in [-0.25, -0.2) is 0 Å². The van der Waals surface area contributed by atoms with Gasteiger partial charge in [0.1, 0.15) is 0 Å². The van der Waals surface area contributed by atoms with Crippen molar-refractivity contribution in [3.05, 3.63) is 35.4 Å². The first-order valence-electron chi connectivity index (χ1n) is 8.07. The Morgan fingerprint density at radius 2 is 1.86 bits per heavy atom. The Balaban J connectivity index is 1.44. The Bertz CT molecular complexity index is 601. The van der Waals surface area contributed by atoms with Crippen LogP contribution in [0.3, 0.4) is 0 Å². The van der Waals surface area contributed by atoms with E-state index < -0.39 is 0 Å². The van der Waals surface area contributed by atoms with Gasteiger partial charge < -0.3 is 5.32 Å². The standard InChI is InChI=1S/C18H20N2O/c19-10-11-4-6-12(7-5-11)18(21)20-17-9-13-8-16(17)15-3-1-2-14(13)15/h4-7,13-17H,1-3,8-9H2,(H,20,21). The number of nitriles is 1. The lowest BCUT2D eigenvalue weighted by molar-refractivity contribution is 0.0901. The Morgan fingerprint density at radius 1 is 1.10 bits per heavy atom. The van der Waals surface area contributed by atoms with Crippen molar-refractivity contribution in [1.82, 2.24) is 5.32 Å². The van der Waals surface area contributed by atoms with Gasteiger partial charge in [0.05, 0.1) is 11.6 Å². The van der Waals surface area contributed by atoms with Crippen LogP contribution < -0.4 is 5.32 Å². The molecule has 5 atom stereocenters. The molecule has 1 amide bonds. The number of carbonyl (C=O) groups is 1. The zero-order valence-electron chi connectivity index (χ0n) is 12.1.